The van der Waals surface area contributed by atoms with Crippen molar-refractivity contribution in [3.05, 3.63) is 23.2 Å². The summed E-state index contributed by atoms with van der Waals surface area (Å²) in [6, 6.07) is 3.99. The van der Waals surface area contributed by atoms with Crippen LogP contribution < -0.4 is 5.32 Å². The number of amides is 1. The van der Waals surface area contributed by atoms with Crippen molar-refractivity contribution >= 4 is 39.0 Å². The number of nitrogens with one attached hydrogen (secondary N) is 1. The molecule has 2 atom stereocenters. The first-order chi connectivity index (χ1) is 10.2. The number of esters is 1. The lowest BCUT2D eigenvalue weighted by molar-refractivity contribution is -0.148. The van der Waals surface area contributed by atoms with Gasteiger partial charge in [0.25, 0.3) is 5.91 Å². The highest BCUT2D eigenvalue weighted by Gasteiger charge is 2.40. The standard InChI is InChI=1S/C14H16ClNO5S/c1-8-5-10(8)14(18)21-7-13(17)16-12-6-9(22(2,19)20)3-4-11(12)15/h3-4,6,8,10H,5,7H2,1-2H3,(H,16,17)/t8-,10-/m0/s1. The van der Waals surface area contributed by atoms with Crippen LogP contribution in [0, 0.1) is 11.8 Å². The predicted octanol–water partition coefficient (Wildman–Crippen LogP) is 1.88. The Morgan fingerprint density at radius 3 is 2.59 bits per heavy atom. The van der Waals surface area contributed by atoms with Gasteiger partial charge in [0.05, 0.1) is 21.5 Å². The molecular weight excluding hydrogens is 330 g/mol. The molecule has 1 aliphatic carbocycles. The van der Waals surface area contributed by atoms with Crippen LogP contribution in [0.15, 0.2) is 23.1 Å². The van der Waals surface area contributed by atoms with Gasteiger partial charge < -0.3 is 10.1 Å². The highest BCUT2D eigenvalue weighted by molar-refractivity contribution is 7.90. The number of anilines is 1. The molecule has 0 saturated heterocycles. The second kappa shape index (κ2) is 6.26. The van der Waals surface area contributed by atoms with Crippen LogP contribution in [0.25, 0.3) is 0 Å². The van der Waals surface area contributed by atoms with E-state index in [-0.39, 0.29) is 21.5 Å². The average Bonchev–Trinajstić information content (AvgIpc) is 3.14. The smallest absolute Gasteiger partial charge is 0.309 e. The number of carbonyl (C=O) groups excluding carboxylic acids is 2. The number of benzene rings is 1. The molecule has 0 aromatic heterocycles. The molecule has 6 nitrogen and oxygen atoms in total. The quantitative estimate of drug-likeness (QED) is 0.823. The van der Waals surface area contributed by atoms with Gasteiger partial charge in [0.1, 0.15) is 0 Å². The fourth-order valence-corrected chi connectivity index (χ4v) is 2.72. The zero-order chi connectivity index (χ0) is 16.5. The summed E-state index contributed by atoms with van der Waals surface area (Å²) in [6.45, 7) is 1.50. The van der Waals surface area contributed by atoms with Crippen molar-refractivity contribution < 1.29 is 22.7 Å². The number of hydrogen-bond acceptors (Lipinski definition) is 5. The number of carbonyl (C=O) groups is 2. The van der Waals surface area contributed by atoms with Gasteiger partial charge in [-0.2, -0.15) is 0 Å². The Labute approximate surface area is 133 Å². The Kier molecular flexibility index (Phi) is 4.77. The molecule has 1 aromatic rings. The van der Waals surface area contributed by atoms with Crippen LogP contribution in [0.2, 0.25) is 5.02 Å². The molecule has 1 saturated carbocycles. The number of sulfone groups is 1. The Balaban J connectivity index is 1.97. The average molecular weight is 346 g/mol. The van der Waals surface area contributed by atoms with Crippen LogP contribution in [0.3, 0.4) is 0 Å². The summed E-state index contributed by atoms with van der Waals surface area (Å²) in [5, 5.41) is 2.63. The molecule has 0 heterocycles. The number of hydrogen-bond donors (Lipinski definition) is 1. The largest absolute Gasteiger partial charge is 0.455 e. The first kappa shape index (κ1) is 16.8. The zero-order valence-corrected chi connectivity index (χ0v) is 13.7. The lowest BCUT2D eigenvalue weighted by atomic mass is 10.3. The molecule has 22 heavy (non-hydrogen) atoms. The van der Waals surface area contributed by atoms with E-state index in [1.54, 1.807) is 0 Å². The molecule has 0 unspecified atom stereocenters. The normalized spacial score (nSPS) is 20.3. The maximum absolute atomic E-state index is 11.8. The second-order valence-corrected chi connectivity index (χ2v) is 7.81. The van der Waals surface area contributed by atoms with Crippen LogP contribution in [-0.2, 0) is 24.2 Å². The van der Waals surface area contributed by atoms with Crippen molar-refractivity contribution in [2.24, 2.45) is 11.8 Å². The molecule has 1 amide bonds. The molecule has 8 heteroatoms. The summed E-state index contributed by atoms with van der Waals surface area (Å²) in [6.07, 6.45) is 1.84. The minimum Gasteiger partial charge on any atom is -0.455 e. The monoisotopic (exact) mass is 345 g/mol. The summed E-state index contributed by atoms with van der Waals surface area (Å²) in [7, 11) is -3.41. The molecule has 120 valence electrons. The number of halogens is 1. The Morgan fingerprint density at radius 2 is 2.05 bits per heavy atom. The molecule has 0 aliphatic heterocycles. The van der Waals surface area contributed by atoms with Gasteiger partial charge in [-0.15, -0.1) is 0 Å². The molecule has 0 bridgehead atoms. The summed E-state index contributed by atoms with van der Waals surface area (Å²) in [4.78, 5) is 23.3. The fraction of sp³-hybridized carbons (Fsp3) is 0.429. The van der Waals surface area contributed by atoms with E-state index in [1.807, 2.05) is 6.92 Å². The van der Waals surface area contributed by atoms with Gasteiger partial charge in [0, 0.05) is 6.26 Å². The summed E-state index contributed by atoms with van der Waals surface area (Å²) >= 11 is 5.92. The van der Waals surface area contributed by atoms with E-state index in [0.717, 1.165) is 12.7 Å². The number of ether oxygens (including phenoxy) is 1. The minimum atomic E-state index is -3.41. The van der Waals surface area contributed by atoms with E-state index < -0.39 is 28.3 Å². The third-order valence-electron chi connectivity index (χ3n) is 3.40. The minimum absolute atomic E-state index is 0.0380. The van der Waals surface area contributed by atoms with E-state index in [0.29, 0.717) is 5.92 Å². The molecule has 1 fully saturated rings. The van der Waals surface area contributed by atoms with E-state index in [1.165, 1.54) is 18.2 Å². The summed E-state index contributed by atoms with van der Waals surface area (Å²) < 4.78 is 27.9. The van der Waals surface area contributed by atoms with E-state index in [2.05, 4.69) is 5.32 Å². The van der Waals surface area contributed by atoms with E-state index in [9.17, 15) is 18.0 Å². The zero-order valence-electron chi connectivity index (χ0n) is 12.1. The predicted molar refractivity (Wildman–Crippen MR) is 81.4 cm³/mol. The maximum Gasteiger partial charge on any atom is 0.309 e. The maximum atomic E-state index is 11.8. The molecular formula is C14H16ClNO5S. The van der Waals surface area contributed by atoms with Crippen molar-refractivity contribution in [2.45, 2.75) is 18.2 Å². The second-order valence-electron chi connectivity index (χ2n) is 5.39. The SMILES string of the molecule is C[C@H]1C[C@@H]1C(=O)OCC(=O)Nc1cc(S(C)(=O)=O)ccc1Cl. The van der Waals surface area contributed by atoms with Gasteiger partial charge in [-0.1, -0.05) is 18.5 Å². The van der Waals surface area contributed by atoms with E-state index >= 15 is 0 Å². The fourth-order valence-electron chi connectivity index (χ4n) is 1.91. The third-order valence-corrected chi connectivity index (χ3v) is 4.84. The first-order valence-corrected chi connectivity index (χ1v) is 8.91. The molecule has 1 aromatic carbocycles. The summed E-state index contributed by atoms with van der Waals surface area (Å²) in [5.41, 5.74) is 0.158. The van der Waals surface area contributed by atoms with Crippen molar-refractivity contribution in [2.75, 3.05) is 18.2 Å². The topological polar surface area (TPSA) is 89.5 Å². The Bertz CT molecular complexity index is 716. The molecule has 1 aliphatic rings. The molecule has 0 radical (unpaired) electrons. The van der Waals surface area contributed by atoms with Crippen LogP contribution >= 0.6 is 11.6 Å². The van der Waals surface area contributed by atoms with Gasteiger partial charge in [-0.05, 0) is 30.5 Å². The third kappa shape index (κ3) is 4.20. The molecule has 2 rings (SSSR count). The van der Waals surface area contributed by atoms with Crippen molar-refractivity contribution in [3.63, 3.8) is 0 Å². The summed E-state index contributed by atoms with van der Waals surface area (Å²) in [5.74, 6) is -0.783. The van der Waals surface area contributed by atoms with Crippen LogP contribution in [0.1, 0.15) is 13.3 Å². The van der Waals surface area contributed by atoms with Crippen LogP contribution in [0.5, 0.6) is 0 Å². The molecule has 0 spiro atoms. The van der Waals surface area contributed by atoms with Gasteiger partial charge in [0.15, 0.2) is 16.4 Å². The van der Waals surface area contributed by atoms with Crippen molar-refractivity contribution in [3.8, 4) is 0 Å². The van der Waals surface area contributed by atoms with Crippen LogP contribution in [-0.4, -0.2) is 33.2 Å². The first-order valence-electron chi connectivity index (χ1n) is 6.64. The highest BCUT2D eigenvalue weighted by atomic mass is 35.5. The van der Waals surface area contributed by atoms with E-state index in [4.69, 9.17) is 16.3 Å². The van der Waals surface area contributed by atoms with Gasteiger partial charge >= 0.3 is 5.97 Å². The molecule has 1 N–H and O–H groups in total. The van der Waals surface area contributed by atoms with Gasteiger partial charge in [-0.25, -0.2) is 8.42 Å². The van der Waals surface area contributed by atoms with Gasteiger partial charge in [0.2, 0.25) is 0 Å². The van der Waals surface area contributed by atoms with Gasteiger partial charge in [-0.3, -0.25) is 9.59 Å². The van der Waals surface area contributed by atoms with Crippen molar-refractivity contribution in [1.29, 1.82) is 0 Å². The lowest BCUT2D eigenvalue weighted by Crippen LogP contribution is -2.22. The lowest BCUT2D eigenvalue weighted by Gasteiger charge is -2.09. The highest BCUT2D eigenvalue weighted by Crippen LogP contribution is 2.38. The van der Waals surface area contributed by atoms with Crippen LogP contribution in [0.4, 0.5) is 5.69 Å². The number of rotatable bonds is 5. The van der Waals surface area contributed by atoms with Crippen molar-refractivity contribution in [1.82, 2.24) is 0 Å². The Morgan fingerprint density at radius 1 is 1.41 bits per heavy atom. The Hall–Kier alpha value is -1.60.